The number of halogens is 1. The van der Waals surface area contributed by atoms with Gasteiger partial charge in [0, 0.05) is 11.5 Å². The van der Waals surface area contributed by atoms with Crippen molar-refractivity contribution in [3.8, 4) is 0 Å². The summed E-state index contributed by atoms with van der Waals surface area (Å²) in [6, 6.07) is 3.43. The monoisotopic (exact) mass is 293 g/mol. The largest absolute Gasteiger partial charge is 0.381 e. The second-order valence-corrected chi connectivity index (χ2v) is 5.81. The van der Waals surface area contributed by atoms with Crippen molar-refractivity contribution in [2.24, 2.45) is 0 Å². The van der Waals surface area contributed by atoms with Crippen molar-refractivity contribution in [1.82, 2.24) is 15.0 Å². The van der Waals surface area contributed by atoms with Gasteiger partial charge >= 0.3 is 0 Å². The average Bonchev–Trinajstić information content (AvgIpc) is 2.69. The first-order valence-electron chi connectivity index (χ1n) is 6.32. The minimum Gasteiger partial charge on any atom is -0.381 e. The van der Waals surface area contributed by atoms with Crippen molar-refractivity contribution >= 4 is 11.5 Å². The molecule has 1 heterocycles. The third kappa shape index (κ3) is 3.15. The summed E-state index contributed by atoms with van der Waals surface area (Å²) in [5.41, 5.74) is 6.35. The van der Waals surface area contributed by atoms with Crippen molar-refractivity contribution in [2.75, 3.05) is 5.73 Å². The van der Waals surface area contributed by atoms with Crippen molar-refractivity contribution in [3.05, 3.63) is 45.4 Å². The highest BCUT2D eigenvalue weighted by molar-refractivity contribution is 5.39. The first-order valence-corrected chi connectivity index (χ1v) is 6.32. The number of hydrogen-bond donors (Lipinski definition) is 1. The van der Waals surface area contributed by atoms with Gasteiger partial charge in [0.2, 0.25) is 0 Å². The zero-order valence-electron chi connectivity index (χ0n) is 12.0. The molecule has 8 heteroatoms. The Hall–Kier alpha value is -2.51. The molecule has 0 aliphatic heterocycles. The van der Waals surface area contributed by atoms with E-state index in [1.54, 1.807) is 0 Å². The molecule has 2 rings (SSSR count). The van der Waals surface area contributed by atoms with E-state index in [0.29, 0.717) is 17.1 Å². The maximum absolute atomic E-state index is 13.5. The molecule has 112 valence electrons. The van der Waals surface area contributed by atoms with Crippen LogP contribution in [0.4, 0.5) is 15.9 Å². The van der Waals surface area contributed by atoms with Crippen LogP contribution >= 0.6 is 0 Å². The lowest BCUT2D eigenvalue weighted by molar-refractivity contribution is -0.385. The first kappa shape index (κ1) is 14.9. The smallest absolute Gasteiger partial charge is 0.272 e. The molecule has 1 aromatic heterocycles. The molecule has 7 nitrogen and oxygen atoms in total. The van der Waals surface area contributed by atoms with Crippen LogP contribution in [-0.4, -0.2) is 19.9 Å². The number of nitro benzene ring substituents is 1. The van der Waals surface area contributed by atoms with Gasteiger partial charge < -0.3 is 5.73 Å². The van der Waals surface area contributed by atoms with Crippen LogP contribution in [0.1, 0.15) is 32.0 Å². The van der Waals surface area contributed by atoms with Crippen LogP contribution in [0.3, 0.4) is 0 Å². The van der Waals surface area contributed by atoms with E-state index in [-0.39, 0.29) is 17.6 Å². The number of anilines is 1. The van der Waals surface area contributed by atoms with E-state index >= 15 is 0 Å². The Bertz CT molecular complexity index is 690. The fraction of sp³-hybridized carbons (Fsp3) is 0.385. The third-order valence-corrected chi connectivity index (χ3v) is 2.96. The Morgan fingerprint density at radius 2 is 2.05 bits per heavy atom. The highest BCUT2D eigenvalue weighted by atomic mass is 19.1. The van der Waals surface area contributed by atoms with Gasteiger partial charge in [-0.05, 0) is 11.6 Å². The zero-order valence-corrected chi connectivity index (χ0v) is 12.0. The molecule has 1 aromatic carbocycles. The summed E-state index contributed by atoms with van der Waals surface area (Å²) in [5, 5.41) is 18.5. The predicted molar refractivity (Wildman–Crippen MR) is 75.3 cm³/mol. The van der Waals surface area contributed by atoms with Crippen LogP contribution in [0, 0.1) is 15.9 Å². The van der Waals surface area contributed by atoms with Crippen LogP contribution in [0.5, 0.6) is 0 Å². The molecule has 0 amide bonds. The van der Waals surface area contributed by atoms with Crippen molar-refractivity contribution in [1.29, 1.82) is 0 Å². The summed E-state index contributed by atoms with van der Waals surface area (Å²) in [6.45, 7) is 6.02. The van der Waals surface area contributed by atoms with Crippen LogP contribution < -0.4 is 5.73 Å². The first-order chi connectivity index (χ1) is 9.68. The molecule has 0 atom stereocenters. The van der Waals surface area contributed by atoms with E-state index in [4.69, 9.17) is 5.73 Å². The third-order valence-electron chi connectivity index (χ3n) is 2.96. The highest BCUT2D eigenvalue weighted by Crippen LogP contribution is 2.27. The Morgan fingerprint density at radius 3 is 2.62 bits per heavy atom. The number of hydrogen-bond acceptors (Lipinski definition) is 5. The summed E-state index contributed by atoms with van der Waals surface area (Å²) in [7, 11) is 0. The number of aromatic nitrogens is 3. The normalized spacial score (nSPS) is 11.6. The summed E-state index contributed by atoms with van der Waals surface area (Å²) in [5.74, 6) is -0.363. The maximum atomic E-state index is 13.5. The van der Waals surface area contributed by atoms with E-state index in [1.165, 1.54) is 16.8 Å². The molecule has 0 radical (unpaired) electrons. The van der Waals surface area contributed by atoms with Crippen LogP contribution in [0.25, 0.3) is 0 Å². The van der Waals surface area contributed by atoms with Crippen LogP contribution in [-0.2, 0) is 12.0 Å². The molecule has 2 N–H and O–H groups in total. The zero-order chi connectivity index (χ0) is 15.8. The fourth-order valence-electron chi connectivity index (χ4n) is 2.21. The van der Waals surface area contributed by atoms with Crippen LogP contribution in [0.15, 0.2) is 18.2 Å². The fourth-order valence-corrected chi connectivity index (χ4v) is 2.21. The van der Waals surface area contributed by atoms with Crippen LogP contribution in [0.2, 0.25) is 0 Å². The molecule has 0 saturated heterocycles. The van der Waals surface area contributed by atoms with E-state index in [2.05, 4.69) is 10.3 Å². The Morgan fingerprint density at radius 1 is 1.38 bits per heavy atom. The molecule has 2 aromatic rings. The number of benzene rings is 1. The van der Waals surface area contributed by atoms with Gasteiger partial charge in [0.25, 0.3) is 5.69 Å². The summed E-state index contributed by atoms with van der Waals surface area (Å²) >= 11 is 0. The minimum atomic E-state index is -0.662. The number of nitro groups is 1. The van der Waals surface area contributed by atoms with Gasteiger partial charge in [-0.3, -0.25) is 10.1 Å². The number of non-ortho nitro benzene ring substituents is 1. The molecule has 0 unspecified atom stereocenters. The Labute approximate surface area is 120 Å². The topological polar surface area (TPSA) is 99.9 Å². The van der Waals surface area contributed by atoms with Gasteiger partial charge in [0.15, 0.2) is 5.82 Å². The average molecular weight is 293 g/mol. The molecule has 0 spiro atoms. The van der Waals surface area contributed by atoms with Crippen molar-refractivity contribution in [2.45, 2.75) is 32.7 Å². The highest BCUT2D eigenvalue weighted by Gasteiger charge is 2.24. The summed E-state index contributed by atoms with van der Waals surface area (Å²) in [4.78, 5) is 10.1. The molecule has 0 bridgehead atoms. The summed E-state index contributed by atoms with van der Waals surface area (Å²) < 4.78 is 15.0. The van der Waals surface area contributed by atoms with E-state index < -0.39 is 10.7 Å². The second kappa shape index (κ2) is 5.12. The van der Waals surface area contributed by atoms with Gasteiger partial charge in [0.05, 0.1) is 23.2 Å². The Kier molecular flexibility index (Phi) is 3.63. The van der Waals surface area contributed by atoms with Gasteiger partial charge in [0.1, 0.15) is 5.82 Å². The molecular formula is C13H16FN5O2. The second-order valence-electron chi connectivity index (χ2n) is 5.81. The van der Waals surface area contributed by atoms with E-state index in [9.17, 15) is 14.5 Å². The molecule has 21 heavy (non-hydrogen) atoms. The molecule has 0 saturated carbocycles. The number of rotatable bonds is 3. The van der Waals surface area contributed by atoms with Gasteiger partial charge in [-0.25, -0.2) is 9.07 Å². The molecule has 0 aliphatic rings. The molecule has 0 aliphatic carbocycles. The minimum absolute atomic E-state index is 0.162. The van der Waals surface area contributed by atoms with E-state index in [0.717, 1.165) is 6.07 Å². The van der Waals surface area contributed by atoms with Crippen molar-refractivity contribution in [3.63, 3.8) is 0 Å². The van der Waals surface area contributed by atoms with E-state index in [1.807, 2.05) is 20.8 Å². The van der Waals surface area contributed by atoms with Crippen molar-refractivity contribution < 1.29 is 9.31 Å². The number of nitrogens with zero attached hydrogens (tertiary/aromatic N) is 4. The van der Waals surface area contributed by atoms with Gasteiger partial charge in [-0.1, -0.05) is 26.0 Å². The lowest BCUT2D eigenvalue weighted by Crippen LogP contribution is -2.20. The van der Waals surface area contributed by atoms with Gasteiger partial charge in [-0.2, -0.15) is 0 Å². The maximum Gasteiger partial charge on any atom is 0.272 e. The quantitative estimate of drug-likeness (QED) is 0.691. The standard InChI is InChI=1S/C13H16FN5O2/c1-13(2,3)11-12(15)16-17-18(11)7-8-4-9(14)6-10(5-8)19(20)21/h4-6H,7,15H2,1-3H3. The molecule has 0 fully saturated rings. The number of nitrogen functional groups attached to an aromatic ring is 1. The predicted octanol–water partition coefficient (Wildman–Crippen LogP) is 2.25. The Balaban J connectivity index is 2.42. The number of nitrogens with two attached hydrogens (primary N) is 1. The SMILES string of the molecule is CC(C)(C)c1c(N)nnn1Cc1cc(F)cc([N+](=O)[O-])c1. The van der Waals surface area contributed by atoms with Gasteiger partial charge in [-0.15, -0.1) is 5.10 Å². The summed E-state index contributed by atoms with van der Waals surface area (Å²) in [6.07, 6.45) is 0. The molecular weight excluding hydrogens is 277 g/mol. The lowest BCUT2D eigenvalue weighted by Gasteiger charge is -2.20. The lowest BCUT2D eigenvalue weighted by atomic mass is 9.91.